The number of carboxylic acids is 1. The number of carbonyl (C=O) groups is 1. The fraction of sp³-hybridized carbons (Fsp3) is 0.455. The number of aromatic carboxylic acids is 1. The normalized spacial score (nSPS) is 20.1. The third-order valence-electron chi connectivity index (χ3n) is 2.82. The molecule has 4 nitrogen and oxygen atoms in total. The van der Waals surface area contributed by atoms with E-state index in [1.807, 2.05) is 4.90 Å². The molecule has 1 unspecified atom stereocenters. The van der Waals surface area contributed by atoms with Crippen molar-refractivity contribution >= 4 is 11.8 Å². The maximum Gasteiger partial charge on any atom is 0.339 e. The molecule has 2 heterocycles. The van der Waals surface area contributed by atoms with Gasteiger partial charge >= 0.3 is 5.97 Å². The predicted molar refractivity (Wildman–Crippen MR) is 57.5 cm³/mol. The lowest BCUT2D eigenvalue weighted by molar-refractivity contribution is 0.0697. The summed E-state index contributed by atoms with van der Waals surface area (Å²) in [6.07, 6.45) is 2.32. The molecule has 0 amide bonds. The number of hydrogen-bond donors (Lipinski definition) is 1. The fourth-order valence-electron chi connectivity index (χ4n) is 1.97. The lowest BCUT2D eigenvalue weighted by Gasteiger charge is -2.18. The first-order chi connectivity index (χ1) is 7.72. The van der Waals surface area contributed by atoms with Gasteiger partial charge < -0.3 is 10.0 Å². The standard InChI is InChI=1S/C11H13FN2O2/c12-6-8-3-5-14(7-8)10-9(11(15)16)2-1-4-13-10/h1-2,4,8H,3,5-7H2,(H,15,16). The number of halogens is 1. The van der Waals surface area contributed by atoms with Crippen molar-refractivity contribution in [3.05, 3.63) is 23.9 Å². The van der Waals surface area contributed by atoms with Crippen molar-refractivity contribution in [1.82, 2.24) is 4.98 Å². The molecule has 1 atom stereocenters. The van der Waals surface area contributed by atoms with Crippen LogP contribution in [-0.4, -0.2) is 35.8 Å². The van der Waals surface area contributed by atoms with Crippen LogP contribution in [0.25, 0.3) is 0 Å². The molecule has 1 aromatic heterocycles. The van der Waals surface area contributed by atoms with E-state index in [1.165, 1.54) is 6.07 Å². The Kier molecular flexibility index (Phi) is 3.03. The van der Waals surface area contributed by atoms with E-state index in [9.17, 15) is 9.18 Å². The van der Waals surface area contributed by atoms with Gasteiger partial charge in [0.15, 0.2) is 0 Å². The molecule has 1 aliphatic heterocycles. The lowest BCUT2D eigenvalue weighted by atomic mass is 10.1. The highest BCUT2D eigenvalue weighted by Crippen LogP contribution is 2.25. The number of aromatic nitrogens is 1. The average molecular weight is 224 g/mol. The zero-order chi connectivity index (χ0) is 11.5. The summed E-state index contributed by atoms with van der Waals surface area (Å²) in [4.78, 5) is 16.9. The molecule has 86 valence electrons. The summed E-state index contributed by atoms with van der Waals surface area (Å²) >= 11 is 0. The van der Waals surface area contributed by atoms with Crippen LogP contribution < -0.4 is 4.90 Å². The number of anilines is 1. The third-order valence-corrected chi connectivity index (χ3v) is 2.82. The van der Waals surface area contributed by atoms with E-state index in [1.54, 1.807) is 12.3 Å². The molecule has 1 saturated heterocycles. The maximum atomic E-state index is 12.5. The van der Waals surface area contributed by atoms with Gasteiger partial charge in [0.1, 0.15) is 11.4 Å². The first kappa shape index (κ1) is 10.9. The number of nitrogens with zero attached hydrogens (tertiary/aromatic N) is 2. The summed E-state index contributed by atoms with van der Waals surface area (Å²) in [7, 11) is 0. The Hall–Kier alpha value is -1.65. The van der Waals surface area contributed by atoms with Gasteiger partial charge in [-0.1, -0.05) is 0 Å². The maximum absolute atomic E-state index is 12.5. The summed E-state index contributed by atoms with van der Waals surface area (Å²) in [5.74, 6) is -0.540. The minimum absolute atomic E-state index is 0.00338. The highest BCUT2D eigenvalue weighted by atomic mass is 19.1. The third kappa shape index (κ3) is 1.98. The monoisotopic (exact) mass is 224 g/mol. The summed E-state index contributed by atoms with van der Waals surface area (Å²) in [6.45, 7) is 0.866. The molecule has 1 fully saturated rings. The molecular formula is C11H13FN2O2. The first-order valence-corrected chi connectivity index (χ1v) is 5.21. The molecular weight excluding hydrogens is 211 g/mol. The van der Waals surface area contributed by atoms with E-state index >= 15 is 0 Å². The van der Waals surface area contributed by atoms with Gasteiger partial charge in [0.2, 0.25) is 0 Å². The van der Waals surface area contributed by atoms with Gasteiger partial charge in [-0.2, -0.15) is 0 Å². The lowest BCUT2D eigenvalue weighted by Crippen LogP contribution is -2.23. The highest BCUT2D eigenvalue weighted by molar-refractivity contribution is 5.93. The van der Waals surface area contributed by atoms with E-state index in [0.717, 1.165) is 6.42 Å². The van der Waals surface area contributed by atoms with Crippen LogP contribution in [0.15, 0.2) is 18.3 Å². The SMILES string of the molecule is O=C(O)c1cccnc1N1CCC(CF)C1. The van der Waals surface area contributed by atoms with Crippen LogP contribution in [0.3, 0.4) is 0 Å². The van der Waals surface area contributed by atoms with Crippen LogP contribution in [-0.2, 0) is 0 Å². The summed E-state index contributed by atoms with van der Waals surface area (Å²) in [6, 6.07) is 3.11. The number of carboxylic acid groups (broad SMARTS) is 1. The predicted octanol–water partition coefficient (Wildman–Crippen LogP) is 1.58. The largest absolute Gasteiger partial charge is 0.478 e. The topological polar surface area (TPSA) is 53.4 Å². The molecule has 5 heteroatoms. The van der Waals surface area contributed by atoms with Gasteiger partial charge in [0.05, 0.1) is 6.67 Å². The Bertz CT molecular complexity index is 397. The Morgan fingerprint density at radius 1 is 1.69 bits per heavy atom. The van der Waals surface area contributed by atoms with Gasteiger partial charge in [0.25, 0.3) is 0 Å². The molecule has 16 heavy (non-hydrogen) atoms. The van der Waals surface area contributed by atoms with Crippen LogP contribution >= 0.6 is 0 Å². The molecule has 1 aromatic rings. The first-order valence-electron chi connectivity index (χ1n) is 5.21. The van der Waals surface area contributed by atoms with E-state index in [0.29, 0.717) is 18.9 Å². The van der Waals surface area contributed by atoms with Gasteiger partial charge in [-0.15, -0.1) is 0 Å². The second-order valence-electron chi connectivity index (χ2n) is 3.93. The van der Waals surface area contributed by atoms with Gasteiger partial charge in [-0.25, -0.2) is 9.78 Å². The zero-order valence-corrected chi connectivity index (χ0v) is 8.77. The average Bonchev–Trinajstić information content (AvgIpc) is 2.77. The van der Waals surface area contributed by atoms with Crippen LogP contribution in [0.4, 0.5) is 10.2 Å². The quantitative estimate of drug-likeness (QED) is 0.846. The van der Waals surface area contributed by atoms with Crippen molar-refractivity contribution in [3.63, 3.8) is 0 Å². The summed E-state index contributed by atoms with van der Waals surface area (Å²) in [5.41, 5.74) is 0.182. The zero-order valence-electron chi connectivity index (χ0n) is 8.77. The van der Waals surface area contributed by atoms with E-state index in [4.69, 9.17) is 5.11 Å². The molecule has 0 saturated carbocycles. The van der Waals surface area contributed by atoms with Crippen LogP contribution in [0.1, 0.15) is 16.8 Å². The van der Waals surface area contributed by atoms with Crippen molar-refractivity contribution in [1.29, 1.82) is 0 Å². The second kappa shape index (κ2) is 4.47. The molecule has 0 aromatic carbocycles. The highest BCUT2D eigenvalue weighted by Gasteiger charge is 2.26. The summed E-state index contributed by atoms with van der Waals surface area (Å²) < 4.78 is 12.5. The van der Waals surface area contributed by atoms with Crippen molar-refractivity contribution in [3.8, 4) is 0 Å². The minimum atomic E-state index is -0.994. The Morgan fingerprint density at radius 3 is 3.12 bits per heavy atom. The Labute approximate surface area is 92.7 Å². The molecule has 0 bridgehead atoms. The smallest absolute Gasteiger partial charge is 0.339 e. The van der Waals surface area contributed by atoms with E-state index in [2.05, 4.69) is 4.98 Å². The van der Waals surface area contributed by atoms with Crippen molar-refractivity contribution in [2.24, 2.45) is 5.92 Å². The van der Waals surface area contributed by atoms with Crippen molar-refractivity contribution < 1.29 is 14.3 Å². The number of alkyl halides is 1. The van der Waals surface area contributed by atoms with E-state index in [-0.39, 0.29) is 18.2 Å². The van der Waals surface area contributed by atoms with E-state index < -0.39 is 5.97 Å². The van der Waals surface area contributed by atoms with Gasteiger partial charge in [-0.05, 0) is 18.6 Å². The van der Waals surface area contributed by atoms with Crippen molar-refractivity contribution in [2.75, 3.05) is 24.7 Å². The molecule has 2 rings (SSSR count). The number of pyridine rings is 1. The molecule has 1 aliphatic rings. The Morgan fingerprint density at radius 2 is 2.50 bits per heavy atom. The molecule has 1 N–H and O–H groups in total. The van der Waals surface area contributed by atoms with Gasteiger partial charge in [0, 0.05) is 25.2 Å². The van der Waals surface area contributed by atoms with Gasteiger partial charge in [-0.3, -0.25) is 4.39 Å². The molecule has 0 aliphatic carbocycles. The van der Waals surface area contributed by atoms with Crippen molar-refractivity contribution in [2.45, 2.75) is 6.42 Å². The van der Waals surface area contributed by atoms with Crippen LogP contribution in [0, 0.1) is 5.92 Å². The fourth-order valence-corrected chi connectivity index (χ4v) is 1.97. The molecule has 0 radical (unpaired) electrons. The Balaban J connectivity index is 2.24. The van der Waals surface area contributed by atoms with Crippen LogP contribution in [0.5, 0.6) is 0 Å². The second-order valence-corrected chi connectivity index (χ2v) is 3.93. The number of rotatable bonds is 3. The number of hydrogen-bond acceptors (Lipinski definition) is 3. The minimum Gasteiger partial charge on any atom is -0.478 e. The summed E-state index contributed by atoms with van der Waals surface area (Å²) in [5, 5.41) is 9.01. The molecule has 0 spiro atoms. The van der Waals surface area contributed by atoms with Crippen LogP contribution in [0.2, 0.25) is 0 Å².